The van der Waals surface area contributed by atoms with Crippen LogP contribution in [0.2, 0.25) is 0 Å². The van der Waals surface area contributed by atoms with Crippen molar-refractivity contribution in [1.29, 1.82) is 0 Å². The fourth-order valence-electron chi connectivity index (χ4n) is 2.75. The third-order valence-corrected chi connectivity index (χ3v) is 3.91. The summed E-state index contributed by atoms with van der Waals surface area (Å²) in [7, 11) is 1.63. The first-order valence-corrected chi connectivity index (χ1v) is 7.68. The van der Waals surface area contributed by atoms with E-state index in [9.17, 15) is 5.11 Å². The summed E-state index contributed by atoms with van der Waals surface area (Å²) < 4.78 is 13.4. The second kappa shape index (κ2) is 6.24. The number of hydrogen-bond acceptors (Lipinski definition) is 3. The summed E-state index contributed by atoms with van der Waals surface area (Å²) in [5.74, 6) is 1.68. The number of phenols is 1. The Balaban J connectivity index is 1.95. The highest BCUT2D eigenvalue weighted by Crippen LogP contribution is 2.31. The predicted molar refractivity (Wildman–Crippen MR) is 91.3 cm³/mol. The average Bonchev–Trinajstić information content (AvgIpc) is 2.91. The van der Waals surface area contributed by atoms with E-state index >= 15 is 0 Å². The fourth-order valence-corrected chi connectivity index (χ4v) is 2.75. The van der Waals surface area contributed by atoms with Gasteiger partial charge in [0.25, 0.3) is 0 Å². The molecule has 0 fully saturated rings. The standard InChI is InChI=1S/C19H21NO3/c1-13(2)20-11-14(16-10-15(21)8-9-17(16)20)12-23-19-7-5-4-6-18(19)22-3/h4-11,13,21H,12H2,1-3H3. The number of para-hydroxylation sites is 2. The van der Waals surface area contributed by atoms with Crippen molar-refractivity contribution in [2.24, 2.45) is 0 Å². The van der Waals surface area contributed by atoms with Gasteiger partial charge in [-0.3, -0.25) is 0 Å². The van der Waals surface area contributed by atoms with Gasteiger partial charge in [-0.15, -0.1) is 0 Å². The molecule has 0 atom stereocenters. The SMILES string of the molecule is COc1ccccc1OCc1cn(C(C)C)c2ccc(O)cc12. The summed E-state index contributed by atoms with van der Waals surface area (Å²) in [6.45, 7) is 4.69. The molecule has 0 saturated carbocycles. The normalized spacial score (nSPS) is 11.1. The smallest absolute Gasteiger partial charge is 0.161 e. The second-order valence-corrected chi connectivity index (χ2v) is 5.80. The number of hydrogen-bond donors (Lipinski definition) is 1. The lowest BCUT2D eigenvalue weighted by atomic mass is 10.2. The molecule has 23 heavy (non-hydrogen) atoms. The van der Waals surface area contributed by atoms with Crippen molar-refractivity contribution in [3.05, 3.63) is 54.2 Å². The predicted octanol–water partition coefficient (Wildman–Crippen LogP) is 4.52. The minimum absolute atomic E-state index is 0.262. The molecule has 3 aromatic rings. The molecule has 0 aliphatic heterocycles. The number of rotatable bonds is 5. The Morgan fingerprint density at radius 2 is 1.83 bits per heavy atom. The number of aromatic hydroxyl groups is 1. The summed E-state index contributed by atoms with van der Waals surface area (Å²) in [5.41, 5.74) is 2.13. The van der Waals surface area contributed by atoms with Crippen LogP contribution in [-0.4, -0.2) is 16.8 Å². The van der Waals surface area contributed by atoms with E-state index in [1.54, 1.807) is 19.2 Å². The minimum atomic E-state index is 0.262. The van der Waals surface area contributed by atoms with E-state index in [-0.39, 0.29) is 5.75 Å². The molecule has 0 spiro atoms. The first-order chi connectivity index (χ1) is 11.1. The van der Waals surface area contributed by atoms with Crippen LogP contribution in [0.4, 0.5) is 0 Å². The molecule has 0 unspecified atom stereocenters. The Morgan fingerprint density at radius 1 is 1.09 bits per heavy atom. The van der Waals surface area contributed by atoms with E-state index in [1.165, 1.54) is 0 Å². The van der Waals surface area contributed by atoms with Gasteiger partial charge in [0.05, 0.1) is 7.11 Å². The lowest BCUT2D eigenvalue weighted by Gasteiger charge is -2.10. The number of benzene rings is 2. The topological polar surface area (TPSA) is 43.6 Å². The first kappa shape index (κ1) is 15.3. The van der Waals surface area contributed by atoms with Crippen LogP contribution in [0.5, 0.6) is 17.2 Å². The summed E-state index contributed by atoms with van der Waals surface area (Å²) in [6.07, 6.45) is 2.09. The van der Waals surface area contributed by atoms with Gasteiger partial charge in [0.2, 0.25) is 0 Å². The fraction of sp³-hybridized carbons (Fsp3) is 0.263. The van der Waals surface area contributed by atoms with Crippen molar-refractivity contribution in [3.63, 3.8) is 0 Å². The van der Waals surface area contributed by atoms with E-state index in [0.29, 0.717) is 24.1 Å². The first-order valence-electron chi connectivity index (χ1n) is 7.68. The van der Waals surface area contributed by atoms with Crippen LogP contribution in [0.15, 0.2) is 48.7 Å². The molecule has 1 heterocycles. The molecule has 4 nitrogen and oxygen atoms in total. The minimum Gasteiger partial charge on any atom is -0.508 e. The van der Waals surface area contributed by atoms with E-state index in [2.05, 4.69) is 24.6 Å². The highest BCUT2D eigenvalue weighted by Gasteiger charge is 2.12. The molecule has 120 valence electrons. The second-order valence-electron chi connectivity index (χ2n) is 5.80. The Hall–Kier alpha value is -2.62. The maximum Gasteiger partial charge on any atom is 0.161 e. The van der Waals surface area contributed by atoms with E-state index in [1.807, 2.05) is 30.3 Å². The van der Waals surface area contributed by atoms with Crippen LogP contribution in [0.25, 0.3) is 10.9 Å². The molecule has 0 aliphatic carbocycles. The molecule has 3 rings (SSSR count). The Bertz CT molecular complexity index is 821. The van der Waals surface area contributed by atoms with Crippen molar-refractivity contribution in [1.82, 2.24) is 4.57 Å². The average molecular weight is 311 g/mol. The molecule has 0 bridgehead atoms. The molecule has 0 amide bonds. The highest BCUT2D eigenvalue weighted by molar-refractivity contribution is 5.85. The van der Waals surface area contributed by atoms with Crippen LogP contribution < -0.4 is 9.47 Å². The number of phenolic OH excluding ortho intramolecular Hbond substituents is 1. The lowest BCUT2D eigenvalue weighted by molar-refractivity contribution is 0.285. The number of aromatic nitrogens is 1. The number of nitrogens with zero attached hydrogens (tertiary/aromatic N) is 1. The maximum absolute atomic E-state index is 9.80. The Morgan fingerprint density at radius 3 is 2.52 bits per heavy atom. The van der Waals surface area contributed by atoms with Gasteiger partial charge in [0.1, 0.15) is 12.4 Å². The largest absolute Gasteiger partial charge is 0.508 e. The number of ether oxygens (including phenoxy) is 2. The van der Waals surface area contributed by atoms with Crippen LogP contribution in [0.1, 0.15) is 25.5 Å². The highest BCUT2D eigenvalue weighted by atomic mass is 16.5. The molecule has 0 saturated heterocycles. The summed E-state index contributed by atoms with van der Waals surface area (Å²) in [6, 6.07) is 13.4. The zero-order chi connectivity index (χ0) is 16.4. The molecule has 2 aromatic carbocycles. The van der Waals surface area contributed by atoms with Crippen LogP contribution in [0.3, 0.4) is 0 Å². The maximum atomic E-state index is 9.80. The monoisotopic (exact) mass is 311 g/mol. The molecule has 1 N–H and O–H groups in total. The van der Waals surface area contributed by atoms with Crippen molar-refractivity contribution in [2.45, 2.75) is 26.5 Å². The zero-order valence-corrected chi connectivity index (χ0v) is 13.6. The lowest BCUT2D eigenvalue weighted by Crippen LogP contribution is -1.99. The van der Waals surface area contributed by atoms with Gasteiger partial charge in [0, 0.05) is 28.7 Å². The van der Waals surface area contributed by atoms with Crippen LogP contribution in [0, 0.1) is 0 Å². The van der Waals surface area contributed by atoms with Gasteiger partial charge in [-0.25, -0.2) is 0 Å². The van der Waals surface area contributed by atoms with Gasteiger partial charge in [-0.05, 0) is 44.2 Å². The van der Waals surface area contributed by atoms with Crippen LogP contribution >= 0.6 is 0 Å². The quantitative estimate of drug-likeness (QED) is 0.753. The summed E-state index contributed by atoms with van der Waals surface area (Å²) in [5, 5.41) is 10.8. The van der Waals surface area contributed by atoms with Crippen molar-refractivity contribution < 1.29 is 14.6 Å². The van der Waals surface area contributed by atoms with Gasteiger partial charge in [0.15, 0.2) is 11.5 Å². The van der Waals surface area contributed by atoms with E-state index < -0.39 is 0 Å². The Labute approximate surface area is 135 Å². The van der Waals surface area contributed by atoms with Gasteiger partial charge in [-0.1, -0.05) is 12.1 Å². The number of methoxy groups -OCH3 is 1. The van der Waals surface area contributed by atoms with E-state index in [4.69, 9.17) is 9.47 Å². The molecule has 0 aliphatic rings. The van der Waals surface area contributed by atoms with Crippen LogP contribution in [-0.2, 0) is 6.61 Å². The summed E-state index contributed by atoms with van der Waals surface area (Å²) >= 11 is 0. The third-order valence-electron chi connectivity index (χ3n) is 3.91. The van der Waals surface area contributed by atoms with Crippen molar-refractivity contribution >= 4 is 10.9 Å². The Kier molecular flexibility index (Phi) is 4.15. The van der Waals surface area contributed by atoms with Crippen molar-refractivity contribution in [2.75, 3.05) is 7.11 Å². The molecule has 0 radical (unpaired) electrons. The van der Waals surface area contributed by atoms with Gasteiger partial charge < -0.3 is 19.1 Å². The molecular weight excluding hydrogens is 290 g/mol. The van der Waals surface area contributed by atoms with Crippen molar-refractivity contribution in [3.8, 4) is 17.2 Å². The number of fused-ring (bicyclic) bond motifs is 1. The summed E-state index contributed by atoms with van der Waals surface area (Å²) in [4.78, 5) is 0. The third kappa shape index (κ3) is 2.97. The van der Waals surface area contributed by atoms with Gasteiger partial charge >= 0.3 is 0 Å². The van der Waals surface area contributed by atoms with Gasteiger partial charge in [-0.2, -0.15) is 0 Å². The molecule has 4 heteroatoms. The van der Waals surface area contributed by atoms with E-state index in [0.717, 1.165) is 16.5 Å². The zero-order valence-electron chi connectivity index (χ0n) is 13.6. The molecular formula is C19H21NO3. The molecule has 1 aromatic heterocycles.